The number of pyridine rings is 1. The molecule has 0 amide bonds. The van der Waals surface area contributed by atoms with Crippen LogP contribution in [0.15, 0.2) is 53.5 Å². The number of H-pyrrole nitrogens is 1. The van der Waals surface area contributed by atoms with Gasteiger partial charge in [-0.15, -0.1) is 0 Å². The van der Waals surface area contributed by atoms with Gasteiger partial charge in [-0.05, 0) is 37.5 Å². The Morgan fingerprint density at radius 2 is 2.08 bits per heavy atom. The van der Waals surface area contributed by atoms with Gasteiger partial charge in [0.1, 0.15) is 5.82 Å². The number of nitrogens with one attached hydrogen (secondary N) is 2. The van der Waals surface area contributed by atoms with Crippen molar-refractivity contribution in [3.8, 4) is 0 Å². The number of anilines is 2. The Kier molecular flexibility index (Phi) is 4.33. The number of fused-ring (bicyclic) bond motifs is 1. The fraction of sp³-hybridized carbons (Fsp3) is 0.316. The highest BCUT2D eigenvalue weighted by atomic mass is 16.1. The Balaban J connectivity index is 1.53. The summed E-state index contributed by atoms with van der Waals surface area (Å²) in [6.07, 6.45) is 5.31. The van der Waals surface area contributed by atoms with Gasteiger partial charge < -0.3 is 10.2 Å². The number of benzene rings is 1. The molecule has 1 saturated heterocycles. The van der Waals surface area contributed by atoms with E-state index in [1.165, 1.54) is 12.5 Å². The van der Waals surface area contributed by atoms with E-state index < -0.39 is 0 Å². The van der Waals surface area contributed by atoms with Crippen molar-refractivity contribution in [2.24, 2.45) is 0 Å². The van der Waals surface area contributed by atoms with Crippen LogP contribution in [0.2, 0.25) is 0 Å². The summed E-state index contributed by atoms with van der Waals surface area (Å²) in [6.45, 7) is 1.79. The van der Waals surface area contributed by atoms with E-state index in [1.807, 2.05) is 30.5 Å². The number of rotatable bonds is 4. The summed E-state index contributed by atoms with van der Waals surface area (Å²) in [6, 6.07) is 13.9. The monoisotopic (exact) mass is 335 g/mol. The summed E-state index contributed by atoms with van der Waals surface area (Å²) >= 11 is 0. The predicted molar refractivity (Wildman–Crippen MR) is 100 cm³/mol. The molecule has 0 saturated carbocycles. The molecule has 1 atom stereocenters. The first-order valence-electron chi connectivity index (χ1n) is 8.71. The first-order chi connectivity index (χ1) is 12.3. The average molecular weight is 335 g/mol. The van der Waals surface area contributed by atoms with Gasteiger partial charge in [-0.2, -0.15) is 5.10 Å². The molecule has 1 aliphatic heterocycles. The van der Waals surface area contributed by atoms with Crippen LogP contribution in [-0.2, 0) is 0 Å². The van der Waals surface area contributed by atoms with Crippen LogP contribution in [0, 0.1) is 0 Å². The Labute approximate surface area is 145 Å². The molecule has 2 N–H and O–H groups in total. The second kappa shape index (κ2) is 6.93. The third kappa shape index (κ3) is 3.33. The van der Waals surface area contributed by atoms with Gasteiger partial charge in [-0.3, -0.25) is 9.78 Å². The van der Waals surface area contributed by atoms with Gasteiger partial charge in [0.05, 0.1) is 5.52 Å². The zero-order valence-corrected chi connectivity index (χ0v) is 14.0. The highest BCUT2D eigenvalue weighted by molar-refractivity contribution is 5.90. The van der Waals surface area contributed by atoms with Crippen molar-refractivity contribution in [3.05, 3.63) is 59.0 Å². The molecule has 1 aromatic carbocycles. The van der Waals surface area contributed by atoms with Crippen LogP contribution < -0.4 is 15.8 Å². The van der Waals surface area contributed by atoms with Crippen LogP contribution in [0.1, 0.15) is 19.3 Å². The number of hydrogen-bond acceptors (Lipinski definition) is 5. The van der Waals surface area contributed by atoms with E-state index in [1.54, 1.807) is 6.07 Å². The van der Waals surface area contributed by atoms with Crippen LogP contribution in [-0.4, -0.2) is 34.3 Å². The van der Waals surface area contributed by atoms with Crippen molar-refractivity contribution in [1.29, 1.82) is 0 Å². The van der Waals surface area contributed by atoms with Crippen LogP contribution in [0.5, 0.6) is 0 Å². The molecule has 25 heavy (non-hydrogen) atoms. The second-order valence-electron chi connectivity index (χ2n) is 6.38. The van der Waals surface area contributed by atoms with Crippen LogP contribution in [0.4, 0.5) is 11.5 Å². The summed E-state index contributed by atoms with van der Waals surface area (Å²) in [5.74, 6) is 0.839. The minimum Gasteiger partial charge on any atom is -0.382 e. The van der Waals surface area contributed by atoms with E-state index in [0.29, 0.717) is 6.04 Å². The maximum absolute atomic E-state index is 11.3. The quantitative estimate of drug-likeness (QED) is 0.767. The average Bonchev–Trinajstić information content (AvgIpc) is 2.67. The van der Waals surface area contributed by atoms with Gasteiger partial charge >= 0.3 is 0 Å². The van der Waals surface area contributed by atoms with Crippen molar-refractivity contribution < 1.29 is 0 Å². The number of nitrogens with zero attached hydrogens (tertiary/aromatic N) is 3. The highest BCUT2D eigenvalue weighted by Gasteiger charge is 2.23. The van der Waals surface area contributed by atoms with E-state index >= 15 is 0 Å². The molecule has 0 bridgehead atoms. The Hall–Kier alpha value is -2.89. The van der Waals surface area contributed by atoms with E-state index in [9.17, 15) is 4.79 Å². The number of piperidine rings is 1. The molecule has 4 rings (SSSR count). The number of aromatic nitrogens is 3. The summed E-state index contributed by atoms with van der Waals surface area (Å²) in [5.41, 5.74) is 1.93. The fourth-order valence-electron chi connectivity index (χ4n) is 3.49. The van der Waals surface area contributed by atoms with E-state index in [0.717, 1.165) is 48.3 Å². The zero-order chi connectivity index (χ0) is 17.1. The molecule has 6 heteroatoms. The lowest BCUT2D eigenvalue weighted by Crippen LogP contribution is -2.44. The van der Waals surface area contributed by atoms with Gasteiger partial charge in [0.15, 0.2) is 0 Å². The molecule has 1 aliphatic rings. The van der Waals surface area contributed by atoms with Crippen LogP contribution in [0.25, 0.3) is 10.9 Å². The van der Waals surface area contributed by atoms with Crippen molar-refractivity contribution in [2.75, 3.05) is 23.3 Å². The largest absolute Gasteiger partial charge is 0.382 e. The first kappa shape index (κ1) is 15.6. The van der Waals surface area contributed by atoms with Crippen LogP contribution >= 0.6 is 0 Å². The standard InChI is InChI=1S/C19H21N5O/c25-19-9-8-18(22-23-19)24-12-4-3-5-14(24)13-21-17-10-11-20-16-7-2-1-6-15(16)17/h1-2,6-11,14H,3-5,12-13H2,(H,20,21)(H,23,25). The second-order valence-corrected chi connectivity index (χ2v) is 6.38. The molecule has 0 aliphatic carbocycles. The number of hydrogen-bond donors (Lipinski definition) is 2. The van der Waals surface area contributed by atoms with Gasteiger partial charge in [-0.1, -0.05) is 18.2 Å². The SMILES string of the molecule is O=c1ccc(N2CCCCC2CNc2ccnc3ccccc23)n[nH]1. The molecule has 0 spiro atoms. The third-order valence-electron chi connectivity index (χ3n) is 4.76. The Morgan fingerprint density at radius 1 is 1.16 bits per heavy atom. The smallest absolute Gasteiger partial charge is 0.264 e. The summed E-state index contributed by atoms with van der Waals surface area (Å²) in [7, 11) is 0. The number of aromatic amines is 1. The Bertz CT molecular complexity index is 897. The molecular formula is C19H21N5O. The first-order valence-corrected chi connectivity index (χ1v) is 8.71. The molecule has 6 nitrogen and oxygen atoms in total. The minimum atomic E-state index is -0.168. The zero-order valence-electron chi connectivity index (χ0n) is 14.0. The molecule has 1 unspecified atom stereocenters. The summed E-state index contributed by atoms with van der Waals surface area (Å²) in [5, 5.41) is 11.5. The lowest BCUT2D eigenvalue weighted by Gasteiger charge is -2.36. The molecular weight excluding hydrogens is 314 g/mol. The van der Waals surface area contributed by atoms with E-state index in [4.69, 9.17) is 0 Å². The van der Waals surface area contributed by atoms with Crippen molar-refractivity contribution in [3.63, 3.8) is 0 Å². The van der Waals surface area contributed by atoms with Crippen molar-refractivity contribution in [2.45, 2.75) is 25.3 Å². The molecule has 128 valence electrons. The summed E-state index contributed by atoms with van der Waals surface area (Å²) < 4.78 is 0. The maximum atomic E-state index is 11.3. The van der Waals surface area contributed by atoms with Crippen LogP contribution in [0.3, 0.4) is 0 Å². The molecule has 0 radical (unpaired) electrons. The van der Waals surface area contributed by atoms with E-state index in [2.05, 4.69) is 31.5 Å². The van der Waals surface area contributed by atoms with Gasteiger partial charge in [0.25, 0.3) is 5.56 Å². The Morgan fingerprint density at radius 3 is 2.96 bits per heavy atom. The third-order valence-corrected chi connectivity index (χ3v) is 4.76. The van der Waals surface area contributed by atoms with Crippen molar-refractivity contribution >= 4 is 22.4 Å². The van der Waals surface area contributed by atoms with Crippen molar-refractivity contribution in [1.82, 2.24) is 15.2 Å². The lowest BCUT2D eigenvalue weighted by atomic mass is 10.0. The van der Waals surface area contributed by atoms with Gasteiger partial charge in [0, 0.05) is 42.5 Å². The van der Waals surface area contributed by atoms with E-state index in [-0.39, 0.29) is 5.56 Å². The fourth-order valence-corrected chi connectivity index (χ4v) is 3.49. The highest BCUT2D eigenvalue weighted by Crippen LogP contribution is 2.25. The predicted octanol–water partition coefficient (Wildman–Crippen LogP) is 2.79. The number of para-hydroxylation sites is 1. The molecule has 3 heterocycles. The van der Waals surface area contributed by atoms with Gasteiger partial charge in [0.2, 0.25) is 0 Å². The molecule has 3 aromatic rings. The molecule has 2 aromatic heterocycles. The molecule has 1 fully saturated rings. The summed E-state index contributed by atoms with van der Waals surface area (Å²) in [4.78, 5) is 18.0. The minimum absolute atomic E-state index is 0.168. The lowest BCUT2D eigenvalue weighted by molar-refractivity contribution is 0.468. The normalized spacial score (nSPS) is 17.6. The van der Waals surface area contributed by atoms with Gasteiger partial charge in [-0.25, -0.2) is 5.10 Å². The topological polar surface area (TPSA) is 73.9 Å². The maximum Gasteiger partial charge on any atom is 0.264 e.